The predicted molar refractivity (Wildman–Crippen MR) is 69.3 cm³/mol. The van der Waals surface area contributed by atoms with Crippen molar-refractivity contribution in [3.8, 4) is 0 Å². The van der Waals surface area contributed by atoms with E-state index in [1.54, 1.807) is 43.0 Å². The van der Waals surface area contributed by atoms with Gasteiger partial charge in [0, 0.05) is 23.7 Å². The molecule has 0 fully saturated rings. The molecule has 94 valence electrons. The van der Waals surface area contributed by atoms with E-state index in [9.17, 15) is 9.90 Å². The number of nitrogens with zero attached hydrogens (tertiary/aromatic N) is 1. The van der Waals surface area contributed by atoms with Crippen LogP contribution < -0.4 is 0 Å². The van der Waals surface area contributed by atoms with Crippen molar-refractivity contribution in [1.82, 2.24) is 4.90 Å². The number of carbonyl (C=O) groups is 1. The standard InChI is InChI=1S/C13H18ClNO2/c1-4-15(9-13(2,3)17)12(16)10-6-5-7-11(14)8-10/h5-8,17H,4,9H2,1-3H3. The van der Waals surface area contributed by atoms with E-state index in [4.69, 9.17) is 11.6 Å². The molecule has 4 heteroatoms. The second-order valence-electron chi connectivity index (χ2n) is 4.64. The van der Waals surface area contributed by atoms with Crippen molar-refractivity contribution in [2.75, 3.05) is 13.1 Å². The molecule has 1 aromatic carbocycles. The zero-order valence-electron chi connectivity index (χ0n) is 10.4. The summed E-state index contributed by atoms with van der Waals surface area (Å²) in [6, 6.07) is 6.83. The number of hydrogen-bond donors (Lipinski definition) is 1. The molecule has 1 amide bonds. The van der Waals surface area contributed by atoms with Crippen LogP contribution in [0.5, 0.6) is 0 Å². The van der Waals surface area contributed by atoms with Crippen molar-refractivity contribution in [3.05, 3.63) is 34.9 Å². The maximum Gasteiger partial charge on any atom is 0.253 e. The Morgan fingerprint density at radius 3 is 2.59 bits per heavy atom. The van der Waals surface area contributed by atoms with Gasteiger partial charge in [-0.2, -0.15) is 0 Å². The van der Waals surface area contributed by atoms with Gasteiger partial charge in [-0.05, 0) is 39.0 Å². The first-order valence-electron chi connectivity index (χ1n) is 5.60. The van der Waals surface area contributed by atoms with Crippen LogP contribution in [-0.4, -0.2) is 34.6 Å². The van der Waals surface area contributed by atoms with Crippen LogP contribution in [0.1, 0.15) is 31.1 Å². The number of likely N-dealkylation sites (N-methyl/N-ethyl adjacent to an activating group) is 1. The van der Waals surface area contributed by atoms with Gasteiger partial charge in [0.2, 0.25) is 0 Å². The van der Waals surface area contributed by atoms with Gasteiger partial charge in [0.25, 0.3) is 5.91 Å². The van der Waals surface area contributed by atoms with Gasteiger partial charge in [0.05, 0.1) is 5.60 Å². The van der Waals surface area contributed by atoms with E-state index in [0.29, 0.717) is 23.7 Å². The van der Waals surface area contributed by atoms with Gasteiger partial charge in [0.15, 0.2) is 0 Å². The largest absolute Gasteiger partial charge is 0.389 e. The quantitative estimate of drug-likeness (QED) is 0.898. The number of hydrogen-bond acceptors (Lipinski definition) is 2. The lowest BCUT2D eigenvalue weighted by molar-refractivity contribution is 0.0314. The Hall–Kier alpha value is -1.06. The molecule has 0 bridgehead atoms. The van der Waals surface area contributed by atoms with Crippen LogP contribution in [0.25, 0.3) is 0 Å². The summed E-state index contributed by atoms with van der Waals surface area (Å²) in [6.45, 7) is 6.10. The zero-order chi connectivity index (χ0) is 13.1. The smallest absolute Gasteiger partial charge is 0.253 e. The first-order chi connectivity index (χ1) is 7.83. The van der Waals surface area contributed by atoms with E-state index >= 15 is 0 Å². The molecule has 0 saturated carbocycles. The van der Waals surface area contributed by atoms with Gasteiger partial charge in [-0.15, -0.1) is 0 Å². The molecule has 0 aliphatic heterocycles. The molecule has 0 atom stereocenters. The third-order valence-electron chi connectivity index (χ3n) is 2.32. The molecule has 17 heavy (non-hydrogen) atoms. The van der Waals surface area contributed by atoms with Gasteiger partial charge in [-0.3, -0.25) is 4.79 Å². The van der Waals surface area contributed by atoms with Gasteiger partial charge in [0.1, 0.15) is 0 Å². The van der Waals surface area contributed by atoms with Crippen LogP contribution in [0.3, 0.4) is 0 Å². The third kappa shape index (κ3) is 4.36. The Bertz CT molecular complexity index is 399. The summed E-state index contributed by atoms with van der Waals surface area (Å²) >= 11 is 5.85. The molecule has 0 aliphatic rings. The lowest BCUT2D eigenvalue weighted by atomic mass is 10.1. The average molecular weight is 256 g/mol. The van der Waals surface area contributed by atoms with Crippen molar-refractivity contribution in [2.45, 2.75) is 26.4 Å². The normalized spacial score (nSPS) is 11.4. The first-order valence-corrected chi connectivity index (χ1v) is 5.98. The van der Waals surface area contributed by atoms with Crippen LogP contribution in [0.2, 0.25) is 5.02 Å². The molecule has 1 aromatic rings. The van der Waals surface area contributed by atoms with Crippen molar-refractivity contribution in [1.29, 1.82) is 0 Å². The maximum absolute atomic E-state index is 12.2. The van der Waals surface area contributed by atoms with E-state index < -0.39 is 5.60 Å². The summed E-state index contributed by atoms with van der Waals surface area (Å²) in [4.78, 5) is 13.8. The van der Waals surface area contributed by atoms with Crippen molar-refractivity contribution in [2.24, 2.45) is 0 Å². The van der Waals surface area contributed by atoms with Gasteiger partial charge in [-0.1, -0.05) is 17.7 Å². The molecule has 0 aromatic heterocycles. The fourth-order valence-corrected chi connectivity index (χ4v) is 1.79. The molecule has 3 nitrogen and oxygen atoms in total. The molecule has 0 unspecified atom stereocenters. The Kier molecular flexibility index (Phi) is 4.54. The average Bonchev–Trinajstić information content (AvgIpc) is 2.23. The summed E-state index contributed by atoms with van der Waals surface area (Å²) in [5.74, 6) is -0.114. The number of rotatable bonds is 4. The summed E-state index contributed by atoms with van der Waals surface area (Å²) in [5, 5.41) is 10.3. The highest BCUT2D eigenvalue weighted by molar-refractivity contribution is 6.30. The summed E-state index contributed by atoms with van der Waals surface area (Å²) in [7, 11) is 0. The zero-order valence-corrected chi connectivity index (χ0v) is 11.2. The summed E-state index contributed by atoms with van der Waals surface area (Å²) < 4.78 is 0. The SMILES string of the molecule is CCN(CC(C)(C)O)C(=O)c1cccc(Cl)c1. The Morgan fingerprint density at radius 2 is 2.12 bits per heavy atom. The van der Waals surface area contributed by atoms with Gasteiger partial charge in [-0.25, -0.2) is 0 Å². The molecule has 0 radical (unpaired) electrons. The topological polar surface area (TPSA) is 40.5 Å². The van der Waals surface area contributed by atoms with Gasteiger partial charge >= 0.3 is 0 Å². The molecular formula is C13H18ClNO2. The monoisotopic (exact) mass is 255 g/mol. The highest BCUT2D eigenvalue weighted by atomic mass is 35.5. The van der Waals surface area contributed by atoms with E-state index in [2.05, 4.69) is 0 Å². The predicted octanol–water partition coefficient (Wildman–Crippen LogP) is 2.57. The second kappa shape index (κ2) is 5.52. The maximum atomic E-state index is 12.2. The van der Waals surface area contributed by atoms with Crippen LogP contribution in [0.15, 0.2) is 24.3 Å². The molecule has 1 N–H and O–H groups in total. The fraction of sp³-hybridized carbons (Fsp3) is 0.462. The highest BCUT2D eigenvalue weighted by Gasteiger charge is 2.22. The number of carbonyl (C=O) groups excluding carboxylic acids is 1. The minimum absolute atomic E-state index is 0.114. The molecule has 0 spiro atoms. The van der Waals surface area contributed by atoms with Crippen molar-refractivity contribution < 1.29 is 9.90 Å². The molecule has 0 saturated heterocycles. The molecular weight excluding hydrogens is 238 g/mol. The van der Waals surface area contributed by atoms with Crippen LogP contribution in [0.4, 0.5) is 0 Å². The third-order valence-corrected chi connectivity index (χ3v) is 2.55. The first kappa shape index (κ1) is 14.0. The van der Waals surface area contributed by atoms with E-state index in [1.165, 1.54) is 0 Å². The van der Waals surface area contributed by atoms with E-state index in [-0.39, 0.29) is 5.91 Å². The Balaban J connectivity index is 2.87. The lowest BCUT2D eigenvalue weighted by Crippen LogP contribution is -2.42. The highest BCUT2D eigenvalue weighted by Crippen LogP contribution is 2.14. The molecule has 0 aliphatic carbocycles. The van der Waals surface area contributed by atoms with Crippen molar-refractivity contribution in [3.63, 3.8) is 0 Å². The number of amides is 1. The Labute approximate surface area is 107 Å². The van der Waals surface area contributed by atoms with Crippen molar-refractivity contribution >= 4 is 17.5 Å². The van der Waals surface area contributed by atoms with Crippen LogP contribution in [0, 0.1) is 0 Å². The minimum Gasteiger partial charge on any atom is -0.389 e. The summed E-state index contributed by atoms with van der Waals surface area (Å²) in [5.41, 5.74) is -0.354. The number of benzene rings is 1. The Morgan fingerprint density at radius 1 is 1.47 bits per heavy atom. The summed E-state index contributed by atoms with van der Waals surface area (Å²) in [6.07, 6.45) is 0. The second-order valence-corrected chi connectivity index (χ2v) is 5.08. The number of aliphatic hydroxyl groups is 1. The molecule has 1 rings (SSSR count). The fourth-order valence-electron chi connectivity index (χ4n) is 1.60. The van der Waals surface area contributed by atoms with E-state index in [1.807, 2.05) is 6.92 Å². The van der Waals surface area contributed by atoms with E-state index in [0.717, 1.165) is 0 Å². The minimum atomic E-state index is -0.899. The molecule has 0 heterocycles. The van der Waals surface area contributed by atoms with Crippen LogP contribution in [-0.2, 0) is 0 Å². The lowest BCUT2D eigenvalue weighted by Gasteiger charge is -2.28. The van der Waals surface area contributed by atoms with Gasteiger partial charge < -0.3 is 10.0 Å². The van der Waals surface area contributed by atoms with Crippen LogP contribution >= 0.6 is 11.6 Å². The number of halogens is 1.